The van der Waals surface area contributed by atoms with Crippen molar-refractivity contribution in [2.75, 3.05) is 18.1 Å². The maximum Gasteiger partial charge on any atom is 0.143 e. The molecule has 3 nitrogen and oxygen atoms in total. The molecule has 116 valence electrons. The number of aliphatic hydroxyl groups is 1. The van der Waals surface area contributed by atoms with Crippen LogP contribution in [0.2, 0.25) is 10.0 Å². The number of fused-ring (bicyclic) bond motifs is 1. The fourth-order valence-corrected chi connectivity index (χ4v) is 3.15. The molecule has 1 aliphatic rings. The van der Waals surface area contributed by atoms with Crippen LogP contribution in [0, 0.1) is 0 Å². The normalized spacial score (nSPS) is 17.0. The summed E-state index contributed by atoms with van der Waals surface area (Å²) >= 11 is 12.3. The Morgan fingerprint density at radius 2 is 2.00 bits per heavy atom. The van der Waals surface area contributed by atoms with Crippen molar-refractivity contribution in [2.24, 2.45) is 0 Å². The molecule has 0 amide bonds. The fraction of sp³-hybridized carbons (Fsp3) is 0.294. The van der Waals surface area contributed by atoms with Gasteiger partial charge in [0.05, 0.1) is 12.2 Å². The third-order valence-electron chi connectivity index (χ3n) is 3.75. The van der Waals surface area contributed by atoms with E-state index in [1.165, 1.54) is 0 Å². The van der Waals surface area contributed by atoms with Crippen molar-refractivity contribution < 1.29 is 9.84 Å². The van der Waals surface area contributed by atoms with Crippen molar-refractivity contribution in [3.05, 3.63) is 58.1 Å². The van der Waals surface area contributed by atoms with Crippen molar-refractivity contribution in [3.8, 4) is 5.75 Å². The zero-order valence-corrected chi connectivity index (χ0v) is 13.5. The summed E-state index contributed by atoms with van der Waals surface area (Å²) in [6, 6.07) is 13.5. The van der Waals surface area contributed by atoms with Crippen molar-refractivity contribution in [2.45, 2.75) is 19.1 Å². The largest absolute Gasteiger partial charge is 0.486 e. The van der Waals surface area contributed by atoms with Crippen LogP contribution >= 0.6 is 23.2 Å². The highest BCUT2D eigenvalue weighted by atomic mass is 35.5. The molecule has 22 heavy (non-hydrogen) atoms. The van der Waals surface area contributed by atoms with Gasteiger partial charge in [-0.2, -0.15) is 0 Å². The minimum absolute atomic E-state index is 0.0222. The maximum atomic E-state index is 9.18. The molecule has 0 aliphatic carbocycles. The van der Waals surface area contributed by atoms with Gasteiger partial charge in [0.1, 0.15) is 11.9 Å². The van der Waals surface area contributed by atoms with Crippen molar-refractivity contribution >= 4 is 28.9 Å². The van der Waals surface area contributed by atoms with Crippen molar-refractivity contribution in [1.29, 1.82) is 0 Å². The second-order valence-electron chi connectivity index (χ2n) is 5.34. The van der Waals surface area contributed by atoms with Crippen LogP contribution in [0.4, 0.5) is 5.69 Å². The molecule has 0 radical (unpaired) electrons. The molecule has 1 aliphatic heterocycles. The van der Waals surface area contributed by atoms with E-state index in [1.807, 2.05) is 36.4 Å². The van der Waals surface area contributed by atoms with Gasteiger partial charge >= 0.3 is 0 Å². The Labute approximate surface area is 140 Å². The molecule has 2 aromatic rings. The van der Waals surface area contributed by atoms with Gasteiger partial charge in [0.15, 0.2) is 0 Å². The smallest absolute Gasteiger partial charge is 0.143 e. The number of hydrogen-bond donors (Lipinski definition) is 1. The molecule has 1 heterocycles. The van der Waals surface area contributed by atoms with E-state index in [1.54, 1.807) is 6.07 Å². The molecule has 0 saturated carbocycles. The topological polar surface area (TPSA) is 32.7 Å². The van der Waals surface area contributed by atoms with E-state index in [0.29, 0.717) is 23.0 Å². The van der Waals surface area contributed by atoms with Crippen LogP contribution in [0.15, 0.2) is 42.5 Å². The van der Waals surface area contributed by atoms with Gasteiger partial charge in [0.2, 0.25) is 0 Å². The van der Waals surface area contributed by atoms with E-state index in [2.05, 4.69) is 4.90 Å². The van der Waals surface area contributed by atoms with Gasteiger partial charge in [0.25, 0.3) is 0 Å². The van der Waals surface area contributed by atoms with E-state index < -0.39 is 0 Å². The summed E-state index contributed by atoms with van der Waals surface area (Å²) in [5.74, 6) is 0.845. The van der Waals surface area contributed by atoms with Crippen LogP contribution < -0.4 is 9.64 Å². The first-order valence-electron chi connectivity index (χ1n) is 7.23. The predicted molar refractivity (Wildman–Crippen MR) is 90.1 cm³/mol. The molecule has 2 aromatic carbocycles. The van der Waals surface area contributed by atoms with E-state index in [-0.39, 0.29) is 12.7 Å². The summed E-state index contributed by atoms with van der Waals surface area (Å²) in [7, 11) is 0. The molecule has 0 spiro atoms. The standard InChI is InChI=1S/C17H17Cl2NO2/c18-13-6-5-12(15(19)9-13)10-20-11-14(7-8-21)22-17-4-2-1-3-16(17)20/h1-6,9,14,21H,7-8,10-11H2. The number of aliphatic hydroxyl groups excluding tert-OH is 1. The average Bonchev–Trinajstić information content (AvgIpc) is 2.50. The summed E-state index contributed by atoms with van der Waals surface area (Å²) in [4.78, 5) is 2.23. The zero-order chi connectivity index (χ0) is 15.5. The van der Waals surface area contributed by atoms with Crippen LogP contribution in [0.5, 0.6) is 5.75 Å². The average molecular weight is 338 g/mol. The van der Waals surface area contributed by atoms with Crippen LogP contribution in [0.25, 0.3) is 0 Å². The molecule has 0 saturated heterocycles. The minimum Gasteiger partial charge on any atom is -0.486 e. The van der Waals surface area contributed by atoms with E-state index in [0.717, 1.165) is 23.5 Å². The quantitative estimate of drug-likeness (QED) is 0.909. The van der Waals surface area contributed by atoms with Gasteiger partial charge in [-0.15, -0.1) is 0 Å². The highest BCUT2D eigenvalue weighted by molar-refractivity contribution is 6.35. The summed E-state index contributed by atoms with van der Waals surface area (Å²) in [5.41, 5.74) is 2.06. The molecule has 1 atom stereocenters. The Bertz CT molecular complexity index is 663. The lowest BCUT2D eigenvalue weighted by Gasteiger charge is -2.36. The molecular formula is C17H17Cl2NO2. The van der Waals surface area contributed by atoms with E-state index >= 15 is 0 Å². The lowest BCUT2D eigenvalue weighted by Crippen LogP contribution is -2.40. The fourth-order valence-electron chi connectivity index (χ4n) is 2.68. The monoisotopic (exact) mass is 337 g/mol. The molecule has 5 heteroatoms. The molecule has 3 rings (SSSR count). The van der Waals surface area contributed by atoms with Gasteiger partial charge in [-0.3, -0.25) is 0 Å². The first-order chi connectivity index (χ1) is 10.7. The molecule has 1 N–H and O–H groups in total. The number of rotatable bonds is 4. The summed E-state index contributed by atoms with van der Waals surface area (Å²) in [6.45, 7) is 1.51. The number of nitrogens with zero attached hydrogens (tertiary/aromatic N) is 1. The maximum absolute atomic E-state index is 9.18. The van der Waals surface area contributed by atoms with Gasteiger partial charge < -0.3 is 14.7 Å². The molecule has 0 bridgehead atoms. The van der Waals surface area contributed by atoms with Gasteiger partial charge in [-0.25, -0.2) is 0 Å². The predicted octanol–water partition coefficient (Wildman–Crippen LogP) is 4.14. The van der Waals surface area contributed by atoms with Crippen LogP contribution in [-0.2, 0) is 6.54 Å². The molecule has 0 aromatic heterocycles. The van der Waals surface area contributed by atoms with E-state index in [4.69, 9.17) is 27.9 Å². The lowest BCUT2D eigenvalue weighted by molar-refractivity contribution is 0.149. The second kappa shape index (κ2) is 6.78. The third kappa shape index (κ3) is 3.32. The van der Waals surface area contributed by atoms with E-state index in [9.17, 15) is 5.11 Å². The zero-order valence-electron chi connectivity index (χ0n) is 12.0. The third-order valence-corrected chi connectivity index (χ3v) is 4.34. The first-order valence-corrected chi connectivity index (χ1v) is 7.98. The molecule has 1 unspecified atom stereocenters. The Kier molecular flexibility index (Phi) is 4.77. The molecular weight excluding hydrogens is 321 g/mol. The Morgan fingerprint density at radius 3 is 2.77 bits per heavy atom. The Balaban J connectivity index is 1.88. The van der Waals surface area contributed by atoms with Crippen molar-refractivity contribution in [1.82, 2.24) is 0 Å². The number of anilines is 1. The Morgan fingerprint density at radius 1 is 1.18 bits per heavy atom. The van der Waals surface area contributed by atoms with Gasteiger partial charge in [-0.05, 0) is 29.8 Å². The van der Waals surface area contributed by atoms with Crippen molar-refractivity contribution in [3.63, 3.8) is 0 Å². The van der Waals surface area contributed by atoms with Crippen LogP contribution in [0.3, 0.4) is 0 Å². The Hall–Kier alpha value is -1.42. The number of para-hydroxylation sites is 2. The van der Waals surface area contributed by atoms with Gasteiger partial charge in [-0.1, -0.05) is 41.4 Å². The van der Waals surface area contributed by atoms with Gasteiger partial charge in [0, 0.05) is 29.6 Å². The number of ether oxygens (including phenoxy) is 1. The summed E-state index contributed by atoms with van der Waals surface area (Å²) < 4.78 is 5.93. The first kappa shape index (κ1) is 15.5. The highest BCUT2D eigenvalue weighted by Gasteiger charge is 2.25. The lowest BCUT2D eigenvalue weighted by atomic mass is 10.1. The highest BCUT2D eigenvalue weighted by Crippen LogP contribution is 2.35. The number of halogens is 2. The van der Waals surface area contributed by atoms with Crippen LogP contribution in [0.1, 0.15) is 12.0 Å². The summed E-state index contributed by atoms with van der Waals surface area (Å²) in [6.07, 6.45) is 0.588. The SMILES string of the molecule is OCCC1CN(Cc2ccc(Cl)cc2Cl)c2ccccc2O1. The number of hydrogen-bond acceptors (Lipinski definition) is 3. The minimum atomic E-state index is -0.0222. The second-order valence-corrected chi connectivity index (χ2v) is 6.18. The summed E-state index contributed by atoms with van der Waals surface area (Å²) in [5, 5.41) is 10.5. The number of benzene rings is 2. The van der Waals surface area contributed by atoms with Crippen LogP contribution in [-0.4, -0.2) is 24.4 Å². The molecule has 0 fully saturated rings.